The number of amides is 2. The van der Waals surface area contributed by atoms with Crippen molar-refractivity contribution in [3.05, 3.63) is 0 Å². The smallest absolute Gasteiger partial charge is 0.235 e. The Hall–Kier alpha value is -0.860. The van der Waals surface area contributed by atoms with Gasteiger partial charge in [0, 0.05) is 5.41 Å². The summed E-state index contributed by atoms with van der Waals surface area (Å²) in [7, 11) is 0. The summed E-state index contributed by atoms with van der Waals surface area (Å²) in [6.07, 6.45) is 4.39. The molecule has 0 radical (unpaired) electrons. The van der Waals surface area contributed by atoms with E-state index < -0.39 is 0 Å². The Labute approximate surface area is 103 Å². The topological polar surface area (TPSA) is 37.4 Å². The predicted molar refractivity (Wildman–Crippen MR) is 64.0 cm³/mol. The van der Waals surface area contributed by atoms with Crippen molar-refractivity contribution in [3.8, 4) is 0 Å². The third-order valence-electron chi connectivity index (χ3n) is 5.37. The normalized spacial score (nSPS) is 39.2. The van der Waals surface area contributed by atoms with Crippen LogP contribution in [0.3, 0.4) is 0 Å². The van der Waals surface area contributed by atoms with Gasteiger partial charge in [-0.2, -0.15) is 0 Å². The third kappa shape index (κ3) is 1.28. The van der Waals surface area contributed by atoms with Gasteiger partial charge in [-0.3, -0.25) is 14.5 Å². The number of β-lactam (4-membered cyclic amide) rings is 1. The van der Waals surface area contributed by atoms with Crippen molar-refractivity contribution >= 4 is 11.8 Å². The van der Waals surface area contributed by atoms with Gasteiger partial charge in [-0.25, -0.2) is 0 Å². The highest BCUT2D eigenvalue weighted by Crippen LogP contribution is 2.56. The minimum Gasteiger partial charge on any atom is -0.278 e. The largest absolute Gasteiger partial charge is 0.278 e. The number of hydrogen-bond donors (Lipinski definition) is 0. The van der Waals surface area contributed by atoms with E-state index in [9.17, 15) is 9.59 Å². The van der Waals surface area contributed by atoms with E-state index in [1.807, 2.05) is 20.8 Å². The van der Waals surface area contributed by atoms with Crippen molar-refractivity contribution in [2.24, 2.45) is 23.2 Å². The van der Waals surface area contributed by atoms with E-state index in [2.05, 4.69) is 0 Å². The van der Waals surface area contributed by atoms with Crippen LogP contribution in [0.4, 0.5) is 0 Å². The van der Waals surface area contributed by atoms with E-state index in [4.69, 9.17) is 0 Å². The molecule has 0 aromatic heterocycles. The molecule has 0 spiro atoms. The van der Waals surface area contributed by atoms with Crippen LogP contribution in [0.15, 0.2) is 0 Å². The molecular weight excluding hydrogens is 214 g/mol. The van der Waals surface area contributed by atoms with Crippen LogP contribution in [0.2, 0.25) is 0 Å². The van der Waals surface area contributed by atoms with Gasteiger partial charge < -0.3 is 0 Å². The number of carbonyl (C=O) groups excluding carboxylic acids is 2. The molecule has 2 aliphatic carbocycles. The molecule has 3 rings (SSSR count). The van der Waals surface area contributed by atoms with Gasteiger partial charge in [0.15, 0.2) is 0 Å². The van der Waals surface area contributed by atoms with Crippen LogP contribution in [0.25, 0.3) is 0 Å². The summed E-state index contributed by atoms with van der Waals surface area (Å²) in [4.78, 5) is 26.2. The monoisotopic (exact) mass is 235 g/mol. The van der Waals surface area contributed by atoms with Crippen LogP contribution >= 0.6 is 0 Å². The molecule has 0 aromatic carbocycles. The number of fused-ring (bicyclic) bond motifs is 5. The molecule has 1 heterocycles. The van der Waals surface area contributed by atoms with Gasteiger partial charge in [-0.15, -0.1) is 0 Å². The van der Waals surface area contributed by atoms with E-state index in [0.29, 0.717) is 11.8 Å². The first-order valence-corrected chi connectivity index (χ1v) is 6.85. The van der Waals surface area contributed by atoms with Crippen LogP contribution < -0.4 is 0 Å². The number of nitrogens with zero attached hydrogens (tertiary/aromatic N) is 1. The lowest BCUT2D eigenvalue weighted by molar-refractivity contribution is -0.174. The molecule has 2 amide bonds. The Morgan fingerprint density at radius 1 is 1.35 bits per heavy atom. The molecule has 94 valence electrons. The first-order chi connectivity index (χ1) is 7.97. The molecule has 4 atom stereocenters. The molecule has 2 bridgehead atoms. The fourth-order valence-electron chi connectivity index (χ4n) is 3.92. The van der Waals surface area contributed by atoms with Gasteiger partial charge in [0.2, 0.25) is 11.8 Å². The summed E-state index contributed by atoms with van der Waals surface area (Å²) < 4.78 is 0. The van der Waals surface area contributed by atoms with E-state index >= 15 is 0 Å². The molecule has 1 saturated heterocycles. The number of imide groups is 1. The molecular formula is C14H21NO2. The molecule has 3 heteroatoms. The predicted octanol–water partition coefficient (Wildman–Crippen LogP) is 2.21. The first-order valence-electron chi connectivity index (χ1n) is 6.85. The van der Waals surface area contributed by atoms with Gasteiger partial charge in [0.25, 0.3) is 0 Å². The van der Waals surface area contributed by atoms with E-state index in [-0.39, 0.29) is 29.2 Å². The van der Waals surface area contributed by atoms with E-state index in [1.165, 1.54) is 19.3 Å². The van der Waals surface area contributed by atoms with Crippen molar-refractivity contribution < 1.29 is 9.59 Å². The van der Waals surface area contributed by atoms with Crippen molar-refractivity contribution in [2.75, 3.05) is 0 Å². The van der Waals surface area contributed by atoms with Crippen molar-refractivity contribution in [3.63, 3.8) is 0 Å². The lowest BCUT2D eigenvalue weighted by Gasteiger charge is -2.50. The summed E-state index contributed by atoms with van der Waals surface area (Å²) in [5, 5.41) is 0. The second-order valence-corrected chi connectivity index (χ2v) is 6.60. The van der Waals surface area contributed by atoms with Crippen molar-refractivity contribution in [1.29, 1.82) is 0 Å². The highest BCUT2D eigenvalue weighted by atomic mass is 16.2. The summed E-state index contributed by atoms with van der Waals surface area (Å²) in [6, 6.07) is 0.263. The maximum Gasteiger partial charge on any atom is 0.235 e. The van der Waals surface area contributed by atoms with Gasteiger partial charge >= 0.3 is 0 Å². The molecule has 0 N–H and O–H groups in total. The minimum atomic E-state index is -0.386. The fourth-order valence-corrected chi connectivity index (χ4v) is 3.92. The fraction of sp³-hybridized carbons (Fsp3) is 0.857. The number of hydrogen-bond acceptors (Lipinski definition) is 2. The zero-order valence-electron chi connectivity index (χ0n) is 10.9. The van der Waals surface area contributed by atoms with Crippen LogP contribution in [0, 0.1) is 23.2 Å². The van der Waals surface area contributed by atoms with Crippen LogP contribution in [-0.4, -0.2) is 22.8 Å². The van der Waals surface area contributed by atoms with Gasteiger partial charge in [0.1, 0.15) is 0 Å². The molecule has 3 fully saturated rings. The Balaban J connectivity index is 1.83. The van der Waals surface area contributed by atoms with Gasteiger partial charge in [-0.1, -0.05) is 20.8 Å². The molecule has 3 aliphatic rings. The lowest BCUT2D eigenvalue weighted by atomic mass is 9.74. The van der Waals surface area contributed by atoms with E-state index in [1.54, 1.807) is 4.90 Å². The molecule has 17 heavy (non-hydrogen) atoms. The molecule has 1 aliphatic heterocycles. The van der Waals surface area contributed by atoms with Crippen LogP contribution in [0.1, 0.15) is 46.5 Å². The van der Waals surface area contributed by atoms with Crippen LogP contribution in [0.5, 0.6) is 0 Å². The maximum absolute atomic E-state index is 12.4. The average Bonchev–Trinajstić information content (AvgIpc) is 2.85. The highest BCUT2D eigenvalue weighted by molar-refractivity contribution is 6.04. The van der Waals surface area contributed by atoms with E-state index in [0.717, 1.165) is 6.42 Å². The van der Waals surface area contributed by atoms with Gasteiger partial charge in [-0.05, 0) is 37.5 Å². The first kappa shape index (κ1) is 11.2. The molecule has 3 nitrogen and oxygen atoms in total. The standard InChI is InChI=1S/C14H21NO2/c1-4-14(2,3)13(17)15-11-9-6-5-8(7-9)10(11)12(15)16/h8-11H,4-7H2,1-3H3. The van der Waals surface area contributed by atoms with Crippen LogP contribution in [-0.2, 0) is 9.59 Å². The third-order valence-corrected chi connectivity index (χ3v) is 5.37. The van der Waals surface area contributed by atoms with Crippen molar-refractivity contribution in [2.45, 2.75) is 52.5 Å². The number of carbonyl (C=O) groups is 2. The molecule has 2 saturated carbocycles. The molecule has 4 unspecified atom stereocenters. The Morgan fingerprint density at radius 2 is 2.00 bits per heavy atom. The lowest BCUT2D eigenvalue weighted by Crippen LogP contribution is -2.67. The Kier molecular flexibility index (Phi) is 2.20. The minimum absolute atomic E-state index is 0.0544. The average molecular weight is 235 g/mol. The zero-order valence-corrected chi connectivity index (χ0v) is 10.9. The maximum atomic E-state index is 12.4. The SMILES string of the molecule is CCC(C)(C)C(=O)N1C(=O)C2C3CCC(C3)C21. The number of likely N-dealkylation sites (tertiary alicyclic amines) is 1. The zero-order chi connectivity index (χ0) is 12.4. The number of rotatable bonds is 2. The summed E-state index contributed by atoms with van der Waals surface area (Å²) in [5.74, 6) is 1.57. The quantitative estimate of drug-likeness (QED) is 0.688. The Morgan fingerprint density at radius 3 is 2.65 bits per heavy atom. The second kappa shape index (κ2) is 3.33. The van der Waals surface area contributed by atoms with Crippen molar-refractivity contribution in [1.82, 2.24) is 4.90 Å². The Bertz CT molecular complexity index is 388. The summed E-state index contributed by atoms with van der Waals surface area (Å²) in [5.41, 5.74) is -0.386. The summed E-state index contributed by atoms with van der Waals surface area (Å²) in [6.45, 7) is 5.91. The second-order valence-electron chi connectivity index (χ2n) is 6.60. The summed E-state index contributed by atoms with van der Waals surface area (Å²) >= 11 is 0. The van der Waals surface area contributed by atoms with Gasteiger partial charge in [0.05, 0.1) is 12.0 Å². The molecule has 0 aromatic rings. The highest BCUT2D eigenvalue weighted by Gasteiger charge is 2.64.